The Balaban J connectivity index is 2.57. The quantitative estimate of drug-likeness (QED) is 0.811. The van der Waals surface area contributed by atoms with Gasteiger partial charge in [0.15, 0.2) is 0 Å². The van der Waals surface area contributed by atoms with Crippen LogP contribution in [0.1, 0.15) is 13.8 Å². The second-order valence-electron chi connectivity index (χ2n) is 4.27. The van der Waals surface area contributed by atoms with Crippen molar-refractivity contribution in [3.05, 3.63) is 28.0 Å². The molecule has 0 saturated carbocycles. The van der Waals surface area contributed by atoms with Crippen LogP contribution in [0.3, 0.4) is 0 Å². The van der Waals surface area contributed by atoms with E-state index in [-0.39, 0.29) is 10.0 Å². The van der Waals surface area contributed by atoms with Crippen LogP contribution in [0.2, 0.25) is 10.0 Å². The summed E-state index contributed by atoms with van der Waals surface area (Å²) in [5.41, 5.74) is 0.448. The van der Waals surface area contributed by atoms with Crippen molar-refractivity contribution < 1.29 is 9.50 Å². The van der Waals surface area contributed by atoms with Gasteiger partial charge in [-0.15, -0.1) is 0 Å². The summed E-state index contributed by atoms with van der Waals surface area (Å²) in [6.45, 7) is 6.71. The molecule has 0 bridgehead atoms. The molecular weight excluding hydrogens is 290 g/mol. The molecule has 1 aromatic rings. The molecule has 1 rings (SSSR count). The molecule has 3 nitrogen and oxygen atoms in total. The zero-order valence-corrected chi connectivity index (χ0v) is 12.6. The number of anilines is 1. The Morgan fingerprint density at radius 3 is 2.26 bits per heavy atom. The highest BCUT2D eigenvalue weighted by molar-refractivity contribution is 6.39. The van der Waals surface area contributed by atoms with Crippen LogP contribution < -0.4 is 5.32 Å². The minimum absolute atomic E-state index is 0.208. The van der Waals surface area contributed by atoms with Gasteiger partial charge in [0.05, 0.1) is 21.8 Å². The lowest BCUT2D eigenvalue weighted by molar-refractivity contribution is 0.128. The smallest absolute Gasteiger partial charge is 0.126 e. The molecule has 6 heteroatoms. The fourth-order valence-corrected chi connectivity index (χ4v) is 2.37. The van der Waals surface area contributed by atoms with Gasteiger partial charge < -0.3 is 15.3 Å². The fourth-order valence-electron chi connectivity index (χ4n) is 1.78. The largest absolute Gasteiger partial charge is 0.390 e. The Labute approximate surface area is 123 Å². The standard InChI is InChI=1S/C13H19Cl2FN2O/c1-3-18(4-2)8-10(19)7-17-13-11(14)5-9(16)6-12(13)15/h5-6,10,17,19H,3-4,7-8H2,1-2H3. The topological polar surface area (TPSA) is 35.5 Å². The highest BCUT2D eigenvalue weighted by Crippen LogP contribution is 2.31. The molecule has 0 aliphatic rings. The summed E-state index contributed by atoms with van der Waals surface area (Å²) in [6.07, 6.45) is -0.544. The minimum Gasteiger partial charge on any atom is -0.390 e. The molecule has 1 atom stereocenters. The monoisotopic (exact) mass is 308 g/mol. The first-order valence-electron chi connectivity index (χ1n) is 6.26. The number of benzene rings is 1. The van der Waals surface area contributed by atoms with Crippen molar-refractivity contribution in [1.29, 1.82) is 0 Å². The first kappa shape index (κ1) is 16.5. The number of nitrogens with one attached hydrogen (secondary N) is 1. The zero-order valence-electron chi connectivity index (χ0n) is 11.1. The van der Waals surface area contributed by atoms with Crippen molar-refractivity contribution in [3.8, 4) is 0 Å². The van der Waals surface area contributed by atoms with Crippen LogP contribution in [0.5, 0.6) is 0 Å². The molecule has 0 saturated heterocycles. The maximum atomic E-state index is 13.0. The van der Waals surface area contributed by atoms with Crippen LogP contribution in [-0.2, 0) is 0 Å². The van der Waals surface area contributed by atoms with E-state index in [1.807, 2.05) is 13.8 Å². The van der Waals surface area contributed by atoms with Crippen LogP contribution >= 0.6 is 23.2 Å². The van der Waals surface area contributed by atoms with Crippen LogP contribution in [0.15, 0.2) is 12.1 Å². The summed E-state index contributed by atoms with van der Waals surface area (Å²) in [7, 11) is 0. The first-order chi connectivity index (χ1) is 8.97. The van der Waals surface area contributed by atoms with E-state index >= 15 is 0 Å². The van der Waals surface area contributed by atoms with E-state index in [1.165, 1.54) is 12.1 Å². The van der Waals surface area contributed by atoms with Crippen molar-refractivity contribution in [2.24, 2.45) is 0 Å². The molecule has 0 heterocycles. The average molecular weight is 309 g/mol. The van der Waals surface area contributed by atoms with E-state index in [1.54, 1.807) is 0 Å². The predicted octanol–water partition coefficient (Wildman–Crippen LogP) is 3.25. The summed E-state index contributed by atoms with van der Waals surface area (Å²) in [5, 5.41) is 13.3. The maximum absolute atomic E-state index is 13.0. The molecule has 0 aromatic heterocycles. The summed E-state index contributed by atoms with van der Waals surface area (Å²) in [6, 6.07) is 2.37. The van der Waals surface area contributed by atoms with Crippen molar-refractivity contribution in [3.63, 3.8) is 0 Å². The van der Waals surface area contributed by atoms with Gasteiger partial charge >= 0.3 is 0 Å². The molecule has 0 radical (unpaired) electrons. The lowest BCUT2D eigenvalue weighted by atomic mass is 10.2. The Bertz CT molecular complexity index is 391. The number of aliphatic hydroxyl groups excluding tert-OH is 1. The Morgan fingerprint density at radius 2 is 1.79 bits per heavy atom. The summed E-state index contributed by atoms with van der Waals surface area (Å²) in [5.74, 6) is -0.482. The number of hydrogen-bond donors (Lipinski definition) is 2. The molecule has 1 aromatic carbocycles. The molecule has 1 unspecified atom stereocenters. The Kier molecular flexibility index (Phi) is 6.86. The number of hydrogen-bond acceptors (Lipinski definition) is 3. The second-order valence-corrected chi connectivity index (χ2v) is 5.08. The predicted molar refractivity (Wildman–Crippen MR) is 78.7 cm³/mol. The van der Waals surface area contributed by atoms with Gasteiger partial charge in [-0.05, 0) is 25.2 Å². The van der Waals surface area contributed by atoms with E-state index < -0.39 is 11.9 Å². The lowest BCUT2D eigenvalue weighted by Crippen LogP contribution is -2.36. The van der Waals surface area contributed by atoms with E-state index in [0.29, 0.717) is 18.8 Å². The average Bonchev–Trinajstić information content (AvgIpc) is 2.34. The molecule has 108 valence electrons. The van der Waals surface area contributed by atoms with Gasteiger partial charge in [-0.3, -0.25) is 0 Å². The third-order valence-electron chi connectivity index (χ3n) is 2.88. The molecular formula is C13H19Cl2FN2O. The molecule has 2 N–H and O–H groups in total. The molecule has 0 amide bonds. The van der Waals surface area contributed by atoms with Gasteiger partial charge in [-0.1, -0.05) is 37.0 Å². The highest BCUT2D eigenvalue weighted by atomic mass is 35.5. The van der Waals surface area contributed by atoms with E-state index in [2.05, 4.69) is 10.2 Å². The fraction of sp³-hybridized carbons (Fsp3) is 0.538. The summed E-state index contributed by atoms with van der Waals surface area (Å²) < 4.78 is 13.0. The minimum atomic E-state index is -0.544. The van der Waals surface area contributed by atoms with Gasteiger partial charge in [-0.25, -0.2) is 4.39 Å². The number of nitrogens with zero attached hydrogens (tertiary/aromatic N) is 1. The van der Waals surface area contributed by atoms with Crippen LogP contribution in [0.4, 0.5) is 10.1 Å². The zero-order chi connectivity index (χ0) is 14.4. The number of rotatable bonds is 7. The van der Waals surface area contributed by atoms with E-state index in [0.717, 1.165) is 13.1 Å². The van der Waals surface area contributed by atoms with Gasteiger partial charge in [-0.2, -0.15) is 0 Å². The van der Waals surface area contributed by atoms with Gasteiger partial charge in [0.1, 0.15) is 5.82 Å². The van der Waals surface area contributed by atoms with Crippen LogP contribution in [0, 0.1) is 5.82 Å². The molecule has 0 aliphatic carbocycles. The third-order valence-corrected chi connectivity index (χ3v) is 3.48. The van der Waals surface area contributed by atoms with E-state index in [9.17, 15) is 9.50 Å². The number of halogens is 3. The normalized spacial score (nSPS) is 12.8. The van der Waals surface area contributed by atoms with Crippen LogP contribution in [-0.4, -0.2) is 42.3 Å². The lowest BCUT2D eigenvalue weighted by Gasteiger charge is -2.22. The number of aliphatic hydroxyl groups is 1. The SMILES string of the molecule is CCN(CC)CC(O)CNc1c(Cl)cc(F)cc1Cl. The van der Waals surface area contributed by atoms with Crippen molar-refractivity contribution in [2.75, 3.05) is 31.5 Å². The molecule has 0 aliphatic heterocycles. The third kappa shape index (κ3) is 5.15. The number of likely N-dealkylation sites (N-methyl/N-ethyl adjacent to an activating group) is 1. The van der Waals surface area contributed by atoms with E-state index in [4.69, 9.17) is 23.2 Å². The van der Waals surface area contributed by atoms with Crippen molar-refractivity contribution in [2.45, 2.75) is 20.0 Å². The van der Waals surface area contributed by atoms with Gasteiger partial charge in [0, 0.05) is 13.1 Å². The molecule has 0 fully saturated rings. The Morgan fingerprint density at radius 1 is 1.26 bits per heavy atom. The Hall–Kier alpha value is -0.550. The molecule has 0 spiro atoms. The van der Waals surface area contributed by atoms with Crippen molar-refractivity contribution >= 4 is 28.9 Å². The summed E-state index contributed by atoms with van der Waals surface area (Å²) in [4.78, 5) is 2.11. The van der Waals surface area contributed by atoms with Crippen molar-refractivity contribution in [1.82, 2.24) is 4.90 Å². The van der Waals surface area contributed by atoms with Crippen LogP contribution in [0.25, 0.3) is 0 Å². The highest BCUT2D eigenvalue weighted by Gasteiger charge is 2.12. The second kappa shape index (κ2) is 7.90. The summed E-state index contributed by atoms with van der Waals surface area (Å²) >= 11 is 11.8. The molecule has 19 heavy (non-hydrogen) atoms. The van der Waals surface area contributed by atoms with Gasteiger partial charge in [0.2, 0.25) is 0 Å². The maximum Gasteiger partial charge on any atom is 0.126 e. The van der Waals surface area contributed by atoms with Gasteiger partial charge in [0.25, 0.3) is 0 Å². The first-order valence-corrected chi connectivity index (χ1v) is 7.02.